The van der Waals surface area contributed by atoms with Crippen LogP contribution in [-0.2, 0) is 32.4 Å². The summed E-state index contributed by atoms with van der Waals surface area (Å²) < 4.78 is 33.6. The Balaban J connectivity index is 2.48. The van der Waals surface area contributed by atoms with Crippen molar-refractivity contribution in [2.45, 2.75) is 50.0 Å². The second-order valence-corrected chi connectivity index (χ2v) is 7.34. The Hall–Kier alpha value is -1.44. The molecule has 1 saturated heterocycles. The lowest BCUT2D eigenvalue weighted by Crippen LogP contribution is -2.57. The summed E-state index contributed by atoms with van der Waals surface area (Å²) in [4.78, 5) is 11.9. The number of nitrogens with one attached hydrogen (secondary N) is 1. The van der Waals surface area contributed by atoms with Gasteiger partial charge in [-0.3, -0.25) is 4.79 Å². The van der Waals surface area contributed by atoms with Crippen molar-refractivity contribution in [2.24, 2.45) is 0 Å². The molecule has 1 aromatic carbocycles. The molecular weight excluding hydrogens is 318 g/mol. The van der Waals surface area contributed by atoms with E-state index < -0.39 is 21.5 Å². The quantitative estimate of drug-likeness (QED) is 0.822. The molecule has 0 radical (unpaired) electrons. The number of carbonyl (C=O) groups is 1. The Morgan fingerprint density at radius 3 is 2.17 bits per heavy atom. The molecule has 0 bridgehead atoms. The van der Waals surface area contributed by atoms with Gasteiger partial charge < -0.3 is 9.84 Å². The number of hydrogen-bond donors (Lipinski definition) is 2. The largest absolute Gasteiger partial charge is 0.480 e. The van der Waals surface area contributed by atoms with Gasteiger partial charge in [0.05, 0.1) is 4.90 Å². The predicted molar refractivity (Wildman–Crippen MR) is 85.9 cm³/mol. The van der Waals surface area contributed by atoms with Gasteiger partial charge in [-0.15, -0.1) is 0 Å². The van der Waals surface area contributed by atoms with E-state index in [1.54, 1.807) is 12.1 Å². The first-order valence-electron chi connectivity index (χ1n) is 7.82. The van der Waals surface area contributed by atoms with Gasteiger partial charge in [0.15, 0.2) is 0 Å². The fourth-order valence-corrected chi connectivity index (χ4v) is 4.95. The molecule has 1 fully saturated rings. The Labute approximate surface area is 136 Å². The van der Waals surface area contributed by atoms with E-state index in [-0.39, 0.29) is 31.0 Å². The fraction of sp³-hybridized carbons (Fsp3) is 0.562. The highest BCUT2D eigenvalue weighted by atomic mass is 32.2. The highest BCUT2D eigenvalue weighted by Crippen LogP contribution is 2.28. The number of ether oxygens (including phenoxy) is 1. The van der Waals surface area contributed by atoms with E-state index in [2.05, 4.69) is 4.72 Å². The smallest absolute Gasteiger partial charge is 0.325 e. The Morgan fingerprint density at radius 1 is 1.22 bits per heavy atom. The number of benzene rings is 1. The third kappa shape index (κ3) is 3.57. The van der Waals surface area contributed by atoms with Gasteiger partial charge in [0.2, 0.25) is 10.0 Å². The number of rotatable bonds is 6. The lowest BCUT2D eigenvalue weighted by molar-refractivity contribution is -0.147. The molecule has 2 rings (SSSR count). The van der Waals surface area contributed by atoms with Crippen LogP contribution in [0.4, 0.5) is 0 Å². The summed E-state index contributed by atoms with van der Waals surface area (Å²) >= 11 is 0. The van der Waals surface area contributed by atoms with Crippen LogP contribution in [0.15, 0.2) is 23.1 Å². The molecule has 0 unspecified atom stereocenters. The minimum absolute atomic E-state index is 0.122. The molecule has 0 aliphatic carbocycles. The Kier molecular flexibility index (Phi) is 5.44. The molecule has 0 aromatic heterocycles. The molecule has 1 heterocycles. The van der Waals surface area contributed by atoms with Crippen LogP contribution in [0, 0.1) is 0 Å². The van der Waals surface area contributed by atoms with Gasteiger partial charge in [-0.05, 0) is 24.0 Å². The molecule has 1 aliphatic rings. The van der Waals surface area contributed by atoms with Crippen LogP contribution in [0.2, 0.25) is 0 Å². The van der Waals surface area contributed by atoms with Gasteiger partial charge in [0, 0.05) is 26.1 Å². The first-order valence-corrected chi connectivity index (χ1v) is 9.30. The summed E-state index contributed by atoms with van der Waals surface area (Å²) in [6, 6.07) is 5.37. The zero-order chi connectivity index (χ0) is 17.1. The summed E-state index contributed by atoms with van der Waals surface area (Å²) in [7, 11) is -3.94. The topological polar surface area (TPSA) is 92.7 Å². The van der Waals surface area contributed by atoms with E-state index >= 15 is 0 Å². The minimum Gasteiger partial charge on any atom is -0.480 e. The van der Waals surface area contributed by atoms with E-state index in [1.807, 2.05) is 19.9 Å². The second-order valence-electron chi connectivity index (χ2n) is 5.72. The molecule has 7 heteroatoms. The Morgan fingerprint density at radius 2 is 1.74 bits per heavy atom. The van der Waals surface area contributed by atoms with E-state index in [0.717, 1.165) is 0 Å². The van der Waals surface area contributed by atoms with Gasteiger partial charge in [0.25, 0.3) is 0 Å². The third-order valence-corrected chi connectivity index (χ3v) is 6.02. The molecule has 0 spiro atoms. The van der Waals surface area contributed by atoms with Crippen molar-refractivity contribution < 1.29 is 23.1 Å². The molecule has 0 saturated carbocycles. The summed E-state index contributed by atoms with van der Waals surface area (Å²) in [5, 5.41) is 9.57. The van der Waals surface area contributed by atoms with Gasteiger partial charge in [0.1, 0.15) is 5.54 Å². The van der Waals surface area contributed by atoms with Crippen LogP contribution in [0.25, 0.3) is 0 Å². The standard InChI is InChI=1S/C16H23NO5S/c1-3-12-6-5-7-13(4-2)14(12)23(20,21)17-16(15(18)19)8-10-22-11-9-16/h5-7,17H,3-4,8-11H2,1-2H3,(H,18,19). The molecule has 2 N–H and O–H groups in total. The van der Waals surface area contributed by atoms with Crippen molar-refractivity contribution in [3.8, 4) is 0 Å². The minimum atomic E-state index is -3.94. The van der Waals surface area contributed by atoms with Crippen molar-refractivity contribution in [1.82, 2.24) is 4.72 Å². The number of sulfonamides is 1. The number of hydrogen-bond acceptors (Lipinski definition) is 4. The van der Waals surface area contributed by atoms with E-state index in [9.17, 15) is 18.3 Å². The van der Waals surface area contributed by atoms with Gasteiger partial charge in [-0.2, -0.15) is 4.72 Å². The number of aryl methyl sites for hydroxylation is 2. The SMILES string of the molecule is CCc1cccc(CC)c1S(=O)(=O)NC1(C(=O)O)CCOCC1. The normalized spacial score (nSPS) is 17.8. The zero-order valence-electron chi connectivity index (χ0n) is 13.5. The van der Waals surface area contributed by atoms with Crippen LogP contribution in [0.3, 0.4) is 0 Å². The number of carboxylic acids is 1. The second kappa shape index (κ2) is 6.98. The first-order chi connectivity index (χ1) is 10.9. The highest BCUT2D eigenvalue weighted by molar-refractivity contribution is 7.89. The van der Waals surface area contributed by atoms with E-state index in [0.29, 0.717) is 24.0 Å². The molecule has 1 aliphatic heterocycles. The van der Waals surface area contributed by atoms with E-state index in [4.69, 9.17) is 4.74 Å². The lowest BCUT2D eigenvalue weighted by Gasteiger charge is -2.34. The summed E-state index contributed by atoms with van der Waals surface area (Å²) in [6.07, 6.45) is 1.37. The van der Waals surface area contributed by atoms with Crippen LogP contribution < -0.4 is 4.72 Å². The maximum Gasteiger partial charge on any atom is 0.325 e. The lowest BCUT2D eigenvalue weighted by atomic mass is 9.92. The van der Waals surface area contributed by atoms with Crippen molar-refractivity contribution in [3.05, 3.63) is 29.3 Å². The maximum absolute atomic E-state index is 13.0. The van der Waals surface area contributed by atoms with Gasteiger partial charge >= 0.3 is 5.97 Å². The van der Waals surface area contributed by atoms with Crippen LogP contribution >= 0.6 is 0 Å². The zero-order valence-corrected chi connectivity index (χ0v) is 14.3. The first kappa shape index (κ1) is 17.9. The summed E-state index contributed by atoms with van der Waals surface area (Å²) in [6.45, 7) is 4.22. The summed E-state index contributed by atoms with van der Waals surface area (Å²) in [5.41, 5.74) is -0.0999. The van der Waals surface area contributed by atoms with Crippen molar-refractivity contribution in [3.63, 3.8) is 0 Å². The average molecular weight is 341 g/mol. The molecular formula is C16H23NO5S. The average Bonchev–Trinajstić information content (AvgIpc) is 2.54. The highest BCUT2D eigenvalue weighted by Gasteiger charge is 2.44. The van der Waals surface area contributed by atoms with Gasteiger partial charge in [-0.1, -0.05) is 32.0 Å². The van der Waals surface area contributed by atoms with Crippen molar-refractivity contribution in [2.75, 3.05) is 13.2 Å². The Bertz CT molecular complexity index is 655. The fourth-order valence-electron chi connectivity index (χ4n) is 2.93. The van der Waals surface area contributed by atoms with Crippen molar-refractivity contribution >= 4 is 16.0 Å². The van der Waals surface area contributed by atoms with E-state index in [1.165, 1.54) is 0 Å². The monoisotopic (exact) mass is 341 g/mol. The molecule has 128 valence electrons. The maximum atomic E-state index is 13.0. The van der Waals surface area contributed by atoms with Crippen LogP contribution in [0.5, 0.6) is 0 Å². The predicted octanol–water partition coefficient (Wildman–Crippen LogP) is 1.72. The molecule has 23 heavy (non-hydrogen) atoms. The molecule has 6 nitrogen and oxygen atoms in total. The molecule has 0 atom stereocenters. The number of carboxylic acid groups (broad SMARTS) is 1. The molecule has 1 aromatic rings. The number of aliphatic carboxylic acids is 1. The van der Waals surface area contributed by atoms with Gasteiger partial charge in [-0.25, -0.2) is 8.42 Å². The van der Waals surface area contributed by atoms with Crippen LogP contribution in [-0.4, -0.2) is 38.2 Å². The molecule has 0 amide bonds. The van der Waals surface area contributed by atoms with Crippen LogP contribution in [0.1, 0.15) is 37.8 Å². The third-order valence-electron chi connectivity index (χ3n) is 4.29. The van der Waals surface area contributed by atoms with Crippen molar-refractivity contribution in [1.29, 1.82) is 0 Å². The summed E-state index contributed by atoms with van der Waals surface area (Å²) in [5.74, 6) is -1.16.